The fourth-order valence-corrected chi connectivity index (χ4v) is 2.64. The fraction of sp³-hybridized carbons (Fsp3) is 0.583. The summed E-state index contributed by atoms with van der Waals surface area (Å²) >= 11 is 1.34. The number of aromatic nitrogens is 1. The van der Waals surface area contributed by atoms with Gasteiger partial charge in [0.15, 0.2) is 5.13 Å². The van der Waals surface area contributed by atoms with E-state index in [1.54, 1.807) is 11.6 Å². The fourth-order valence-electron chi connectivity index (χ4n) is 2.09. The van der Waals surface area contributed by atoms with Gasteiger partial charge in [-0.2, -0.15) is 0 Å². The van der Waals surface area contributed by atoms with Crippen LogP contribution in [0.1, 0.15) is 32.1 Å². The second kappa shape index (κ2) is 7.08. The first-order valence-corrected chi connectivity index (χ1v) is 7.36. The Labute approximate surface area is 116 Å². The molecule has 0 atom stereocenters. The zero-order chi connectivity index (χ0) is 13.5. The minimum atomic E-state index is -0.277. The van der Waals surface area contributed by atoms with Gasteiger partial charge in [-0.15, -0.1) is 11.3 Å². The summed E-state index contributed by atoms with van der Waals surface area (Å²) in [6, 6.07) is -0.0306. The number of hydrogen-bond acceptors (Lipinski definition) is 4. The molecule has 7 heteroatoms. The van der Waals surface area contributed by atoms with Crippen LogP contribution in [0.25, 0.3) is 0 Å². The van der Waals surface area contributed by atoms with Crippen molar-refractivity contribution in [3.8, 4) is 0 Å². The highest BCUT2D eigenvalue weighted by atomic mass is 32.1. The average molecular weight is 282 g/mol. The Morgan fingerprint density at radius 1 is 1.32 bits per heavy atom. The number of anilines is 1. The van der Waals surface area contributed by atoms with Gasteiger partial charge in [0.2, 0.25) is 5.91 Å². The van der Waals surface area contributed by atoms with Gasteiger partial charge in [-0.05, 0) is 12.8 Å². The maximum atomic E-state index is 11.6. The monoisotopic (exact) mass is 282 g/mol. The van der Waals surface area contributed by atoms with Crippen molar-refractivity contribution >= 4 is 28.4 Å². The second-order valence-corrected chi connectivity index (χ2v) is 5.44. The number of carbonyl (C=O) groups is 2. The van der Waals surface area contributed by atoms with Gasteiger partial charge in [-0.25, -0.2) is 9.78 Å². The standard InChI is InChI=1S/C12H18N4O2S/c17-10(16-12-13-6-7-19-12)8-14-11(18)15-9-4-2-1-3-5-9/h6-7,9H,1-5,8H2,(H,13,16,17)(H2,14,15,18). The highest BCUT2D eigenvalue weighted by Gasteiger charge is 2.15. The van der Waals surface area contributed by atoms with Crippen LogP contribution in [0.3, 0.4) is 0 Å². The van der Waals surface area contributed by atoms with E-state index in [-0.39, 0.29) is 24.5 Å². The molecule has 104 valence electrons. The quantitative estimate of drug-likeness (QED) is 0.786. The first-order chi connectivity index (χ1) is 9.24. The summed E-state index contributed by atoms with van der Waals surface area (Å²) in [4.78, 5) is 27.1. The third-order valence-electron chi connectivity index (χ3n) is 3.03. The average Bonchev–Trinajstić information content (AvgIpc) is 2.90. The van der Waals surface area contributed by atoms with Gasteiger partial charge in [-0.3, -0.25) is 4.79 Å². The van der Waals surface area contributed by atoms with E-state index in [2.05, 4.69) is 20.9 Å². The lowest BCUT2D eigenvalue weighted by Gasteiger charge is -2.22. The molecule has 0 aromatic carbocycles. The van der Waals surface area contributed by atoms with Gasteiger partial charge in [0.1, 0.15) is 0 Å². The van der Waals surface area contributed by atoms with Gasteiger partial charge in [0, 0.05) is 17.6 Å². The number of nitrogens with zero attached hydrogens (tertiary/aromatic N) is 1. The van der Waals surface area contributed by atoms with E-state index in [1.165, 1.54) is 17.8 Å². The molecule has 3 amide bonds. The topological polar surface area (TPSA) is 83.1 Å². The summed E-state index contributed by atoms with van der Waals surface area (Å²) in [7, 11) is 0. The Morgan fingerprint density at radius 2 is 2.11 bits per heavy atom. The Hall–Kier alpha value is -1.63. The van der Waals surface area contributed by atoms with E-state index >= 15 is 0 Å². The van der Waals surface area contributed by atoms with Crippen molar-refractivity contribution in [2.45, 2.75) is 38.1 Å². The zero-order valence-electron chi connectivity index (χ0n) is 10.6. The minimum absolute atomic E-state index is 0.0435. The number of urea groups is 1. The number of thiazole rings is 1. The third kappa shape index (κ3) is 4.86. The van der Waals surface area contributed by atoms with Gasteiger partial charge in [-0.1, -0.05) is 19.3 Å². The van der Waals surface area contributed by atoms with Crippen LogP contribution in [0, 0.1) is 0 Å². The van der Waals surface area contributed by atoms with E-state index < -0.39 is 0 Å². The van der Waals surface area contributed by atoms with Crippen molar-refractivity contribution in [3.05, 3.63) is 11.6 Å². The van der Waals surface area contributed by atoms with Crippen LogP contribution < -0.4 is 16.0 Å². The smallest absolute Gasteiger partial charge is 0.315 e. The summed E-state index contributed by atoms with van der Waals surface area (Å²) in [6.45, 7) is -0.0435. The molecule has 0 radical (unpaired) electrons. The molecule has 2 rings (SSSR count). The molecule has 6 nitrogen and oxygen atoms in total. The molecule has 1 aromatic rings. The molecule has 19 heavy (non-hydrogen) atoms. The van der Waals surface area contributed by atoms with E-state index in [0.717, 1.165) is 25.7 Å². The molecule has 1 aromatic heterocycles. The lowest BCUT2D eigenvalue weighted by Crippen LogP contribution is -2.45. The van der Waals surface area contributed by atoms with Crippen LogP contribution in [0.5, 0.6) is 0 Å². The first-order valence-electron chi connectivity index (χ1n) is 6.48. The van der Waals surface area contributed by atoms with Crippen molar-refractivity contribution in [1.29, 1.82) is 0 Å². The molecule has 1 fully saturated rings. The molecule has 0 bridgehead atoms. The van der Waals surface area contributed by atoms with Gasteiger partial charge < -0.3 is 16.0 Å². The number of carbonyl (C=O) groups excluding carboxylic acids is 2. The Morgan fingerprint density at radius 3 is 2.79 bits per heavy atom. The van der Waals surface area contributed by atoms with E-state index in [9.17, 15) is 9.59 Å². The van der Waals surface area contributed by atoms with Gasteiger partial charge in [0.25, 0.3) is 0 Å². The summed E-state index contributed by atoms with van der Waals surface area (Å²) in [5.74, 6) is -0.270. The SMILES string of the molecule is O=C(CNC(=O)NC1CCCCC1)Nc1nccs1. The first kappa shape index (κ1) is 13.8. The van der Waals surface area contributed by atoms with Crippen molar-refractivity contribution in [2.24, 2.45) is 0 Å². The molecule has 0 saturated heterocycles. The van der Waals surface area contributed by atoms with E-state index in [0.29, 0.717) is 5.13 Å². The van der Waals surface area contributed by atoms with Crippen LogP contribution in [-0.4, -0.2) is 29.5 Å². The molecule has 1 aliphatic carbocycles. The maximum absolute atomic E-state index is 11.6. The van der Waals surface area contributed by atoms with Crippen molar-refractivity contribution < 1.29 is 9.59 Å². The molecule has 1 aliphatic rings. The molecule has 0 unspecified atom stereocenters. The predicted molar refractivity (Wildman–Crippen MR) is 74.2 cm³/mol. The van der Waals surface area contributed by atoms with Crippen molar-refractivity contribution in [1.82, 2.24) is 15.6 Å². The lowest BCUT2D eigenvalue weighted by atomic mass is 9.96. The number of hydrogen-bond donors (Lipinski definition) is 3. The molecule has 0 aliphatic heterocycles. The largest absolute Gasteiger partial charge is 0.335 e. The van der Waals surface area contributed by atoms with Crippen molar-refractivity contribution in [2.75, 3.05) is 11.9 Å². The van der Waals surface area contributed by atoms with Crippen LogP contribution in [0.15, 0.2) is 11.6 Å². The highest BCUT2D eigenvalue weighted by molar-refractivity contribution is 7.13. The third-order valence-corrected chi connectivity index (χ3v) is 3.72. The van der Waals surface area contributed by atoms with Crippen molar-refractivity contribution in [3.63, 3.8) is 0 Å². The minimum Gasteiger partial charge on any atom is -0.335 e. The molecule has 1 heterocycles. The van der Waals surface area contributed by atoms with Crippen LogP contribution in [0.4, 0.5) is 9.93 Å². The zero-order valence-corrected chi connectivity index (χ0v) is 11.5. The Bertz CT molecular complexity index is 415. The predicted octanol–water partition coefficient (Wildman–Crippen LogP) is 1.71. The maximum Gasteiger partial charge on any atom is 0.315 e. The molecular formula is C12H18N4O2S. The Balaban J connectivity index is 1.64. The van der Waals surface area contributed by atoms with Gasteiger partial charge in [0.05, 0.1) is 6.54 Å². The normalized spacial score (nSPS) is 15.8. The number of rotatable bonds is 4. The number of nitrogens with one attached hydrogen (secondary N) is 3. The van der Waals surface area contributed by atoms with Crippen LogP contribution in [-0.2, 0) is 4.79 Å². The van der Waals surface area contributed by atoms with Crippen LogP contribution >= 0.6 is 11.3 Å². The lowest BCUT2D eigenvalue weighted by molar-refractivity contribution is -0.115. The van der Waals surface area contributed by atoms with Gasteiger partial charge >= 0.3 is 6.03 Å². The van der Waals surface area contributed by atoms with E-state index in [4.69, 9.17) is 0 Å². The molecule has 3 N–H and O–H groups in total. The molecule has 1 saturated carbocycles. The summed E-state index contributed by atoms with van der Waals surface area (Å²) in [5, 5.41) is 10.4. The summed E-state index contributed by atoms with van der Waals surface area (Å²) < 4.78 is 0. The molecular weight excluding hydrogens is 264 g/mol. The second-order valence-electron chi connectivity index (χ2n) is 4.55. The summed E-state index contributed by atoms with van der Waals surface area (Å²) in [5.41, 5.74) is 0. The van der Waals surface area contributed by atoms with Crippen LogP contribution in [0.2, 0.25) is 0 Å². The highest BCUT2D eigenvalue weighted by Crippen LogP contribution is 2.17. The number of amides is 3. The summed E-state index contributed by atoms with van der Waals surface area (Å²) in [6.07, 6.45) is 7.24. The Kier molecular flexibility index (Phi) is 5.14. The molecule has 0 spiro atoms. The van der Waals surface area contributed by atoms with E-state index in [1.807, 2.05) is 0 Å².